The molecule has 8 heteroatoms. The first-order valence-corrected chi connectivity index (χ1v) is 13.3. The first-order valence-electron chi connectivity index (χ1n) is 13.3. The zero-order valence-electron chi connectivity index (χ0n) is 20.9. The number of fused-ring (bicyclic) bond motifs is 2. The van der Waals surface area contributed by atoms with Gasteiger partial charge in [0.2, 0.25) is 0 Å². The lowest BCUT2D eigenvalue weighted by Gasteiger charge is -2.50. The molecule has 6 atom stereocenters. The highest BCUT2D eigenvalue weighted by molar-refractivity contribution is 5.75. The highest BCUT2D eigenvalue weighted by Crippen LogP contribution is 2.56. The number of aryl methyl sites for hydroxylation is 1. The van der Waals surface area contributed by atoms with Crippen molar-refractivity contribution in [1.29, 1.82) is 0 Å². The van der Waals surface area contributed by atoms with Crippen LogP contribution in [-0.4, -0.2) is 36.1 Å². The molecule has 2 aromatic rings. The number of rotatable bonds is 4. The smallest absolute Gasteiger partial charge is 0.416 e. The number of nitrogens with zero attached hydrogens (tertiary/aromatic N) is 1. The number of aromatic nitrogens is 1. The number of halogens is 3. The third kappa shape index (κ3) is 4.67. The fraction of sp³-hybridized carbons (Fsp3) is 0.586. The molecule has 4 fully saturated rings. The van der Waals surface area contributed by atoms with Gasteiger partial charge in [-0.15, -0.1) is 0 Å². The number of pyridine rings is 1. The number of ether oxygens (including phenoxy) is 3. The summed E-state index contributed by atoms with van der Waals surface area (Å²) in [5, 5.41) is 0. The number of hydrogen-bond acceptors (Lipinski definition) is 5. The van der Waals surface area contributed by atoms with Crippen molar-refractivity contribution in [3.05, 3.63) is 53.9 Å². The predicted octanol–water partition coefficient (Wildman–Crippen LogP) is 6.06. The lowest BCUT2D eigenvalue weighted by atomic mass is 9.55. The molecule has 4 aliphatic rings. The number of hydrogen-bond donors (Lipinski definition) is 0. The Hall–Kier alpha value is -2.45. The van der Waals surface area contributed by atoms with Crippen LogP contribution >= 0.6 is 0 Å². The van der Waals surface area contributed by atoms with Crippen molar-refractivity contribution in [2.24, 2.45) is 29.6 Å². The van der Waals surface area contributed by atoms with Crippen LogP contribution in [0.25, 0.3) is 11.1 Å². The molecule has 0 bridgehead atoms. The second-order valence-electron chi connectivity index (χ2n) is 11.2. The summed E-state index contributed by atoms with van der Waals surface area (Å²) in [5.74, 6) is 0.777. The highest BCUT2D eigenvalue weighted by atomic mass is 19.4. The van der Waals surface area contributed by atoms with E-state index < -0.39 is 17.5 Å². The minimum Gasteiger partial charge on any atom is -0.462 e. The molecular weight excluding hydrogens is 483 g/mol. The molecule has 2 aliphatic carbocycles. The third-order valence-corrected chi connectivity index (χ3v) is 9.15. The van der Waals surface area contributed by atoms with E-state index in [-0.39, 0.29) is 23.9 Å². The average molecular weight is 516 g/mol. The summed E-state index contributed by atoms with van der Waals surface area (Å²) in [7, 11) is 0. The lowest BCUT2D eigenvalue weighted by Crippen LogP contribution is -2.49. The van der Waals surface area contributed by atoms with Crippen LogP contribution in [0.15, 0.2) is 42.6 Å². The van der Waals surface area contributed by atoms with Gasteiger partial charge in [0.15, 0.2) is 5.79 Å². The maximum absolute atomic E-state index is 13.1. The number of benzene rings is 1. The quantitative estimate of drug-likeness (QED) is 0.464. The fourth-order valence-corrected chi connectivity index (χ4v) is 7.54. The largest absolute Gasteiger partial charge is 0.462 e. The number of carbonyl (C=O) groups excluding carboxylic acids is 1. The molecule has 5 nitrogen and oxygen atoms in total. The molecule has 2 aliphatic heterocycles. The van der Waals surface area contributed by atoms with Gasteiger partial charge in [0.25, 0.3) is 0 Å². The Labute approximate surface area is 214 Å². The third-order valence-electron chi connectivity index (χ3n) is 9.15. The summed E-state index contributed by atoms with van der Waals surface area (Å²) < 4.78 is 57.1. The van der Waals surface area contributed by atoms with E-state index in [9.17, 15) is 18.0 Å². The second kappa shape index (κ2) is 9.38. The van der Waals surface area contributed by atoms with Gasteiger partial charge >= 0.3 is 12.1 Å². The van der Waals surface area contributed by atoms with Crippen LogP contribution in [-0.2, 0) is 31.6 Å². The lowest BCUT2D eigenvalue weighted by molar-refractivity contribution is -0.207. The molecule has 2 saturated heterocycles. The van der Waals surface area contributed by atoms with Gasteiger partial charge in [0, 0.05) is 36.2 Å². The van der Waals surface area contributed by atoms with Crippen molar-refractivity contribution in [3.8, 4) is 11.1 Å². The first-order chi connectivity index (χ1) is 17.7. The minimum atomic E-state index is -4.38. The van der Waals surface area contributed by atoms with Crippen LogP contribution < -0.4 is 0 Å². The van der Waals surface area contributed by atoms with E-state index in [0.29, 0.717) is 42.1 Å². The standard InChI is InChI=1S/C29H32F3NO4/c1-17-26-24(23-9-10-28(35-11-12-36-28)15-20(23)14-25(26)27(34)37-17)8-7-22-6-5-19(16-33-22)18-3-2-4-21(13-18)29(30,31)32/h2-6,13,16-17,20,23-26H,7-12,14-15H2,1H3/t17-,20-,23?,24?,25-,26+/m1/s1. The molecule has 2 saturated carbocycles. The SMILES string of the molecule is C[C@H]1OC(=O)[C@@H]2C[C@@H]3CC4(CCC3C(CCc3ccc(-c5cccc(C(F)(F)F)c5)cn3)[C@H]12)OCCO4. The zero-order chi connectivity index (χ0) is 25.8. The van der Waals surface area contributed by atoms with Gasteiger partial charge in [-0.1, -0.05) is 18.2 Å². The second-order valence-corrected chi connectivity index (χ2v) is 11.2. The normalized spacial score (nSPS) is 32.7. The van der Waals surface area contributed by atoms with Crippen LogP contribution in [0.3, 0.4) is 0 Å². The molecule has 6 rings (SSSR count). The van der Waals surface area contributed by atoms with Gasteiger partial charge in [-0.3, -0.25) is 9.78 Å². The molecule has 0 radical (unpaired) electrons. The highest BCUT2D eigenvalue weighted by Gasteiger charge is 2.57. The molecule has 1 aromatic heterocycles. The van der Waals surface area contributed by atoms with Crippen LogP contribution in [0.1, 0.15) is 50.3 Å². The van der Waals surface area contributed by atoms with Gasteiger partial charge in [-0.05, 0) is 74.1 Å². The Morgan fingerprint density at radius 3 is 2.65 bits per heavy atom. The van der Waals surface area contributed by atoms with Gasteiger partial charge in [0.05, 0.1) is 24.7 Å². The number of carbonyl (C=O) groups is 1. The zero-order valence-corrected chi connectivity index (χ0v) is 20.9. The number of alkyl halides is 3. The average Bonchev–Trinajstić information content (AvgIpc) is 3.45. The summed E-state index contributed by atoms with van der Waals surface area (Å²) in [6.45, 7) is 3.29. The van der Waals surface area contributed by atoms with Gasteiger partial charge < -0.3 is 14.2 Å². The summed E-state index contributed by atoms with van der Waals surface area (Å²) in [4.78, 5) is 17.3. The van der Waals surface area contributed by atoms with E-state index in [4.69, 9.17) is 14.2 Å². The molecule has 0 amide bonds. The molecule has 1 aromatic carbocycles. The van der Waals surface area contributed by atoms with Crippen molar-refractivity contribution in [2.45, 2.75) is 63.5 Å². The molecule has 2 unspecified atom stereocenters. The first kappa shape index (κ1) is 24.9. The van der Waals surface area contributed by atoms with Crippen molar-refractivity contribution >= 4 is 5.97 Å². The Bertz CT molecular complexity index is 1140. The Morgan fingerprint density at radius 2 is 1.92 bits per heavy atom. The van der Waals surface area contributed by atoms with E-state index in [1.807, 2.05) is 19.1 Å². The summed E-state index contributed by atoms with van der Waals surface area (Å²) in [6.07, 6.45) is 2.41. The maximum atomic E-state index is 13.1. The minimum absolute atomic E-state index is 0.0719. The van der Waals surface area contributed by atoms with Crippen LogP contribution in [0.5, 0.6) is 0 Å². The van der Waals surface area contributed by atoms with Gasteiger partial charge in [0.1, 0.15) is 6.10 Å². The van der Waals surface area contributed by atoms with Crippen molar-refractivity contribution < 1.29 is 32.2 Å². The maximum Gasteiger partial charge on any atom is 0.416 e. The van der Waals surface area contributed by atoms with Crippen LogP contribution in [0, 0.1) is 29.6 Å². The van der Waals surface area contributed by atoms with Gasteiger partial charge in [-0.2, -0.15) is 13.2 Å². The van der Waals surface area contributed by atoms with E-state index in [0.717, 1.165) is 56.4 Å². The van der Waals surface area contributed by atoms with Crippen molar-refractivity contribution in [3.63, 3.8) is 0 Å². The molecule has 0 N–H and O–H groups in total. The number of esters is 1. The van der Waals surface area contributed by atoms with E-state index in [1.165, 1.54) is 6.07 Å². The Kier molecular flexibility index (Phi) is 6.30. The molecular formula is C29H32F3NO4. The van der Waals surface area contributed by atoms with Gasteiger partial charge in [-0.25, -0.2) is 0 Å². The summed E-state index contributed by atoms with van der Waals surface area (Å²) in [6, 6.07) is 9.07. The Morgan fingerprint density at radius 1 is 1.11 bits per heavy atom. The van der Waals surface area contributed by atoms with Crippen LogP contribution in [0.4, 0.5) is 13.2 Å². The summed E-state index contributed by atoms with van der Waals surface area (Å²) >= 11 is 0. The Balaban J connectivity index is 1.18. The monoisotopic (exact) mass is 515 g/mol. The van der Waals surface area contributed by atoms with E-state index >= 15 is 0 Å². The van der Waals surface area contributed by atoms with Crippen molar-refractivity contribution in [2.75, 3.05) is 13.2 Å². The molecule has 3 heterocycles. The predicted molar refractivity (Wildman–Crippen MR) is 129 cm³/mol. The molecule has 1 spiro atoms. The van der Waals surface area contributed by atoms with E-state index in [2.05, 4.69) is 4.98 Å². The fourth-order valence-electron chi connectivity index (χ4n) is 7.54. The molecule has 198 valence electrons. The van der Waals surface area contributed by atoms with Crippen molar-refractivity contribution in [1.82, 2.24) is 4.98 Å². The summed E-state index contributed by atoms with van der Waals surface area (Å²) in [5.41, 5.74) is 1.39. The topological polar surface area (TPSA) is 57.7 Å². The number of cyclic esters (lactones) is 1. The van der Waals surface area contributed by atoms with E-state index in [1.54, 1.807) is 12.3 Å². The molecule has 37 heavy (non-hydrogen) atoms. The van der Waals surface area contributed by atoms with Crippen LogP contribution in [0.2, 0.25) is 0 Å².